The Morgan fingerprint density at radius 2 is 1.29 bits per heavy atom. The Kier molecular flexibility index (Phi) is 5.76. The van der Waals surface area contributed by atoms with Crippen LogP contribution < -0.4 is 0 Å². The Bertz CT molecular complexity index is 635. The van der Waals surface area contributed by atoms with Crippen LogP contribution in [0.2, 0.25) is 0 Å². The molecule has 4 aliphatic rings. The lowest BCUT2D eigenvalue weighted by Gasteiger charge is -2.25. The van der Waals surface area contributed by atoms with Crippen LogP contribution in [0.5, 0.6) is 0 Å². The van der Waals surface area contributed by atoms with Crippen LogP contribution in [0.4, 0.5) is 0 Å². The number of hydrogen-bond acceptors (Lipinski definition) is 1. The largest absolute Gasteiger partial charge is 0.287 e. The van der Waals surface area contributed by atoms with Gasteiger partial charge in [0.25, 0.3) is 0 Å². The van der Waals surface area contributed by atoms with E-state index in [0.717, 1.165) is 43.6 Å². The molecule has 0 aromatic carbocycles. The third-order valence-electron chi connectivity index (χ3n) is 7.94. The molecule has 4 rings (SSSR count). The summed E-state index contributed by atoms with van der Waals surface area (Å²) in [6.07, 6.45) is 9.61. The predicted molar refractivity (Wildman–Crippen MR) is 121 cm³/mol. The highest BCUT2D eigenvalue weighted by Crippen LogP contribution is 2.69. The van der Waals surface area contributed by atoms with Gasteiger partial charge in [-0.15, -0.1) is 23.7 Å². The van der Waals surface area contributed by atoms with Gasteiger partial charge in [-0.1, -0.05) is 27.7 Å². The van der Waals surface area contributed by atoms with Gasteiger partial charge < -0.3 is 0 Å². The zero-order valence-corrected chi connectivity index (χ0v) is 19.8. The topological polar surface area (TPSA) is 3.01 Å². The molecule has 0 N–H and O–H groups in total. The van der Waals surface area contributed by atoms with Crippen molar-refractivity contribution in [2.24, 2.45) is 22.7 Å². The van der Waals surface area contributed by atoms with Crippen LogP contribution in [0.15, 0.2) is 0 Å². The standard InChI is InChI=1S/C14H22.C13H21N/c1-13(2,3)12-11-9-7-5-6-8-10-14(11,12)4;1-12(2,3)14-11-9-7-5-6-8-10-13(11,14)4/h11-12H,7-10H2,1-4H3;11H,7-10H2,1-4H3/t11-,12?,14-;11-,13+,14?/m01/s1. The van der Waals surface area contributed by atoms with Crippen LogP contribution in [-0.4, -0.2) is 22.0 Å². The minimum Gasteiger partial charge on any atom is -0.287 e. The first-order valence-electron chi connectivity index (χ1n) is 11.6. The number of rotatable bonds is 0. The van der Waals surface area contributed by atoms with Gasteiger partial charge in [-0.2, -0.15) is 0 Å². The van der Waals surface area contributed by atoms with E-state index in [4.69, 9.17) is 0 Å². The average Bonchev–Trinajstić information content (AvgIpc) is 3.31. The van der Waals surface area contributed by atoms with E-state index >= 15 is 0 Å². The van der Waals surface area contributed by atoms with Crippen LogP contribution in [-0.2, 0) is 0 Å². The average molecular weight is 382 g/mol. The smallest absolute Gasteiger partial charge is 0.0355 e. The van der Waals surface area contributed by atoms with E-state index in [0.29, 0.717) is 21.9 Å². The van der Waals surface area contributed by atoms with Crippen molar-refractivity contribution >= 4 is 0 Å². The third-order valence-corrected chi connectivity index (χ3v) is 7.94. The van der Waals surface area contributed by atoms with E-state index in [1.54, 1.807) is 0 Å². The van der Waals surface area contributed by atoms with Crippen molar-refractivity contribution in [3.05, 3.63) is 0 Å². The maximum atomic E-state index is 3.29. The molecule has 0 aromatic heterocycles. The van der Waals surface area contributed by atoms with Crippen molar-refractivity contribution in [2.45, 2.75) is 124 Å². The number of nitrogens with zero attached hydrogens (tertiary/aromatic N) is 1. The fourth-order valence-corrected chi connectivity index (χ4v) is 6.99. The number of hydrogen-bond donors (Lipinski definition) is 0. The van der Waals surface area contributed by atoms with Crippen LogP contribution in [0.3, 0.4) is 0 Å². The van der Waals surface area contributed by atoms with E-state index in [1.165, 1.54) is 25.7 Å². The van der Waals surface area contributed by atoms with Crippen LogP contribution in [0.1, 0.15) is 107 Å². The first-order chi connectivity index (χ1) is 12.9. The van der Waals surface area contributed by atoms with Gasteiger partial charge in [0.05, 0.1) is 0 Å². The van der Waals surface area contributed by atoms with Crippen molar-refractivity contribution < 1.29 is 0 Å². The molecule has 0 aromatic rings. The van der Waals surface area contributed by atoms with E-state index in [9.17, 15) is 0 Å². The van der Waals surface area contributed by atoms with Crippen molar-refractivity contribution in [1.29, 1.82) is 0 Å². The molecular weight excluding hydrogens is 338 g/mol. The summed E-state index contributed by atoms with van der Waals surface area (Å²) in [6, 6.07) is 0.789. The second-order valence-electron chi connectivity index (χ2n) is 12.2. The summed E-state index contributed by atoms with van der Waals surface area (Å²) in [5.41, 5.74) is 1.88. The molecule has 2 fully saturated rings. The van der Waals surface area contributed by atoms with Crippen LogP contribution in [0, 0.1) is 46.3 Å². The number of fused-ring (bicyclic) bond motifs is 2. The molecule has 1 nitrogen and oxygen atoms in total. The molecule has 1 saturated heterocycles. The lowest BCUT2D eigenvalue weighted by atomic mass is 9.83. The summed E-state index contributed by atoms with van der Waals surface area (Å²) in [5, 5.41) is 0. The Hall–Kier alpha value is -0.920. The van der Waals surface area contributed by atoms with Crippen molar-refractivity contribution in [2.75, 3.05) is 0 Å². The van der Waals surface area contributed by atoms with E-state index in [-0.39, 0.29) is 0 Å². The SMILES string of the molecule is CC(C)(C)C1[C@@H]2CCC#CCC[C@]12C.CC(C)(C)N1[C@@H]2CCC#CCC[C@@]21C. The summed E-state index contributed by atoms with van der Waals surface area (Å²) in [7, 11) is 0. The quantitative estimate of drug-likeness (QED) is 0.334. The normalized spacial score (nSPS) is 41.4. The van der Waals surface area contributed by atoms with E-state index in [2.05, 4.69) is 84.0 Å². The van der Waals surface area contributed by atoms with Gasteiger partial charge in [-0.3, -0.25) is 4.90 Å². The third kappa shape index (κ3) is 4.17. The van der Waals surface area contributed by atoms with Crippen LogP contribution in [0.25, 0.3) is 0 Å². The molecule has 6 atom stereocenters. The van der Waals surface area contributed by atoms with Crippen LogP contribution >= 0.6 is 0 Å². The molecule has 1 saturated carbocycles. The zero-order chi connectivity index (χ0) is 20.8. The lowest BCUT2D eigenvalue weighted by Crippen LogP contribution is -2.31. The minimum atomic E-state index is 0.323. The first kappa shape index (κ1) is 21.8. The molecule has 1 heterocycles. The van der Waals surface area contributed by atoms with Gasteiger partial charge in [0.2, 0.25) is 0 Å². The first-order valence-corrected chi connectivity index (χ1v) is 11.6. The highest BCUT2D eigenvalue weighted by molar-refractivity contribution is 5.21. The van der Waals surface area contributed by atoms with Crippen molar-refractivity contribution in [3.63, 3.8) is 0 Å². The fourth-order valence-electron chi connectivity index (χ4n) is 6.99. The second-order valence-corrected chi connectivity index (χ2v) is 12.2. The van der Waals surface area contributed by atoms with Gasteiger partial charge in [0.1, 0.15) is 0 Å². The highest BCUT2D eigenvalue weighted by Gasteiger charge is 2.63. The van der Waals surface area contributed by atoms with Gasteiger partial charge in [0.15, 0.2) is 0 Å². The van der Waals surface area contributed by atoms with E-state index in [1.807, 2.05) is 0 Å². The van der Waals surface area contributed by atoms with Gasteiger partial charge in [-0.05, 0) is 76.0 Å². The minimum absolute atomic E-state index is 0.323. The molecular formula is C27H43N. The molecule has 28 heavy (non-hydrogen) atoms. The Labute approximate surface area is 175 Å². The fraction of sp³-hybridized carbons (Fsp3) is 0.852. The molecule has 1 aliphatic heterocycles. The summed E-state index contributed by atoms with van der Waals surface area (Å²) in [6.45, 7) is 19.1. The van der Waals surface area contributed by atoms with Gasteiger partial charge in [0, 0.05) is 42.8 Å². The molecule has 2 unspecified atom stereocenters. The second kappa shape index (κ2) is 7.40. The van der Waals surface area contributed by atoms with Gasteiger partial charge in [-0.25, -0.2) is 0 Å². The zero-order valence-electron chi connectivity index (χ0n) is 19.8. The summed E-state index contributed by atoms with van der Waals surface area (Å²) in [4.78, 5) is 2.68. The lowest BCUT2D eigenvalue weighted by molar-refractivity contribution is 0.235. The maximum absolute atomic E-state index is 3.29. The maximum Gasteiger partial charge on any atom is 0.0355 e. The molecule has 0 bridgehead atoms. The van der Waals surface area contributed by atoms with Crippen molar-refractivity contribution in [3.8, 4) is 23.7 Å². The van der Waals surface area contributed by atoms with Gasteiger partial charge >= 0.3 is 0 Å². The van der Waals surface area contributed by atoms with Crippen molar-refractivity contribution in [1.82, 2.24) is 4.90 Å². The molecule has 156 valence electrons. The molecule has 1 heteroatoms. The highest BCUT2D eigenvalue weighted by atomic mass is 15.4. The summed E-state index contributed by atoms with van der Waals surface area (Å²) >= 11 is 0. The predicted octanol–water partition coefficient (Wildman–Crippen LogP) is 6.67. The van der Waals surface area contributed by atoms with E-state index < -0.39 is 0 Å². The molecule has 0 amide bonds. The molecule has 0 radical (unpaired) electrons. The Morgan fingerprint density at radius 1 is 0.750 bits per heavy atom. The molecule has 3 aliphatic carbocycles. The Balaban J connectivity index is 0.000000161. The molecule has 0 spiro atoms. The summed E-state index contributed by atoms with van der Waals surface area (Å²) in [5.74, 6) is 15.0. The summed E-state index contributed by atoms with van der Waals surface area (Å²) < 4.78 is 0. The monoisotopic (exact) mass is 381 g/mol. The Morgan fingerprint density at radius 3 is 1.86 bits per heavy atom.